The van der Waals surface area contributed by atoms with Crippen LogP contribution in [0.25, 0.3) is 0 Å². The molecule has 5 heteroatoms. The van der Waals surface area contributed by atoms with E-state index in [1.807, 2.05) is 0 Å². The normalized spacial score (nSPS) is 20.9. The van der Waals surface area contributed by atoms with E-state index in [4.69, 9.17) is 15.0 Å². The number of anilines is 1. The lowest BCUT2D eigenvalue weighted by molar-refractivity contribution is -0.0527. The number of ether oxygens (including phenoxy) is 1. The van der Waals surface area contributed by atoms with Crippen LogP contribution in [0.5, 0.6) is 0 Å². The van der Waals surface area contributed by atoms with E-state index in [2.05, 4.69) is 10.1 Å². The quantitative estimate of drug-likeness (QED) is 0.776. The van der Waals surface area contributed by atoms with Crippen LogP contribution >= 0.6 is 0 Å². The standard InChI is InChI=1S/C9H15N3O2/c1-13-9(5-3-2-4-6-9)7-11-8(10)14-12-7/h2-6H2,1H3,(H2,10,11,12). The van der Waals surface area contributed by atoms with Crippen molar-refractivity contribution >= 4 is 6.01 Å². The van der Waals surface area contributed by atoms with Crippen LogP contribution in [0.1, 0.15) is 37.9 Å². The van der Waals surface area contributed by atoms with Gasteiger partial charge in [0.15, 0.2) is 0 Å². The van der Waals surface area contributed by atoms with E-state index in [0.29, 0.717) is 5.82 Å². The zero-order valence-corrected chi connectivity index (χ0v) is 8.32. The SMILES string of the molecule is COC1(c2noc(N)n2)CCCCC1. The summed E-state index contributed by atoms with van der Waals surface area (Å²) in [6.45, 7) is 0. The minimum atomic E-state index is -0.362. The molecule has 0 spiro atoms. The molecule has 0 unspecified atom stereocenters. The molecular weight excluding hydrogens is 182 g/mol. The van der Waals surface area contributed by atoms with Crippen LogP contribution in [-0.4, -0.2) is 17.3 Å². The number of nitrogens with two attached hydrogens (primary N) is 1. The van der Waals surface area contributed by atoms with Crippen molar-refractivity contribution in [3.8, 4) is 0 Å². The highest BCUT2D eigenvalue weighted by Gasteiger charge is 2.38. The van der Waals surface area contributed by atoms with E-state index in [1.54, 1.807) is 7.11 Å². The van der Waals surface area contributed by atoms with Crippen molar-refractivity contribution in [2.24, 2.45) is 0 Å². The molecule has 1 saturated carbocycles. The average molecular weight is 197 g/mol. The van der Waals surface area contributed by atoms with Crippen molar-refractivity contribution < 1.29 is 9.26 Å². The lowest BCUT2D eigenvalue weighted by atomic mass is 9.84. The number of hydrogen-bond donors (Lipinski definition) is 1. The average Bonchev–Trinajstić information content (AvgIpc) is 2.66. The van der Waals surface area contributed by atoms with Crippen molar-refractivity contribution in [3.05, 3.63) is 5.82 Å². The predicted octanol–water partition coefficient (Wildman–Crippen LogP) is 1.46. The molecule has 1 aliphatic rings. The number of hydrogen-bond acceptors (Lipinski definition) is 5. The molecule has 1 aliphatic carbocycles. The van der Waals surface area contributed by atoms with Gasteiger partial charge in [0.2, 0.25) is 5.82 Å². The van der Waals surface area contributed by atoms with Crippen molar-refractivity contribution in [3.63, 3.8) is 0 Å². The minimum absolute atomic E-state index is 0.113. The van der Waals surface area contributed by atoms with Gasteiger partial charge in [-0.25, -0.2) is 0 Å². The smallest absolute Gasteiger partial charge is 0.318 e. The first kappa shape index (κ1) is 9.45. The van der Waals surface area contributed by atoms with Crippen LogP contribution in [0, 0.1) is 0 Å². The van der Waals surface area contributed by atoms with Gasteiger partial charge in [-0.1, -0.05) is 24.4 Å². The molecule has 1 fully saturated rings. The number of nitrogens with zero attached hydrogens (tertiary/aromatic N) is 2. The summed E-state index contributed by atoms with van der Waals surface area (Å²) in [5.41, 5.74) is 5.04. The lowest BCUT2D eigenvalue weighted by Crippen LogP contribution is -2.32. The molecule has 5 nitrogen and oxygen atoms in total. The number of methoxy groups -OCH3 is 1. The molecule has 1 aromatic heterocycles. The van der Waals surface area contributed by atoms with E-state index < -0.39 is 0 Å². The fourth-order valence-electron chi connectivity index (χ4n) is 2.06. The molecule has 78 valence electrons. The molecule has 0 aromatic carbocycles. The maximum absolute atomic E-state index is 5.54. The van der Waals surface area contributed by atoms with Crippen LogP contribution in [-0.2, 0) is 10.3 Å². The summed E-state index contributed by atoms with van der Waals surface area (Å²) >= 11 is 0. The molecule has 0 atom stereocenters. The summed E-state index contributed by atoms with van der Waals surface area (Å²) in [6.07, 6.45) is 5.42. The van der Waals surface area contributed by atoms with Gasteiger partial charge < -0.3 is 15.0 Å². The Bertz CT molecular complexity index is 305. The highest BCUT2D eigenvalue weighted by molar-refractivity contribution is 5.12. The Morgan fingerprint density at radius 1 is 1.36 bits per heavy atom. The number of nitrogen functional groups attached to an aromatic ring is 1. The van der Waals surface area contributed by atoms with Crippen LogP contribution in [0.3, 0.4) is 0 Å². The Morgan fingerprint density at radius 2 is 2.07 bits per heavy atom. The van der Waals surface area contributed by atoms with Crippen LogP contribution in [0.4, 0.5) is 6.01 Å². The van der Waals surface area contributed by atoms with Gasteiger partial charge >= 0.3 is 6.01 Å². The first-order valence-corrected chi connectivity index (χ1v) is 4.92. The molecule has 1 heterocycles. The van der Waals surface area contributed by atoms with E-state index in [0.717, 1.165) is 25.7 Å². The molecule has 0 bridgehead atoms. The molecule has 2 rings (SSSR count). The second-order valence-corrected chi connectivity index (χ2v) is 3.72. The van der Waals surface area contributed by atoms with E-state index >= 15 is 0 Å². The Kier molecular flexibility index (Phi) is 2.41. The Balaban J connectivity index is 2.26. The monoisotopic (exact) mass is 197 g/mol. The summed E-state index contributed by atoms with van der Waals surface area (Å²) in [6, 6.07) is 0.113. The molecule has 0 radical (unpaired) electrons. The molecular formula is C9H15N3O2. The third-order valence-electron chi connectivity index (χ3n) is 2.90. The van der Waals surface area contributed by atoms with Crippen molar-refractivity contribution in [1.29, 1.82) is 0 Å². The van der Waals surface area contributed by atoms with Gasteiger partial charge in [-0.2, -0.15) is 4.98 Å². The molecule has 14 heavy (non-hydrogen) atoms. The van der Waals surface area contributed by atoms with E-state index in [1.165, 1.54) is 6.42 Å². The predicted molar refractivity (Wildman–Crippen MR) is 50.5 cm³/mol. The van der Waals surface area contributed by atoms with E-state index in [9.17, 15) is 0 Å². The Morgan fingerprint density at radius 3 is 2.57 bits per heavy atom. The summed E-state index contributed by atoms with van der Waals surface area (Å²) in [4.78, 5) is 4.05. The van der Waals surface area contributed by atoms with Gasteiger partial charge in [-0.3, -0.25) is 0 Å². The molecule has 2 N–H and O–H groups in total. The zero-order chi connectivity index (χ0) is 10.0. The Labute approximate surface area is 82.6 Å². The van der Waals surface area contributed by atoms with Crippen molar-refractivity contribution in [2.75, 3.05) is 12.8 Å². The largest absolute Gasteiger partial charge is 0.370 e. The maximum Gasteiger partial charge on any atom is 0.318 e. The molecule has 0 amide bonds. The van der Waals surface area contributed by atoms with Gasteiger partial charge in [0, 0.05) is 7.11 Å². The lowest BCUT2D eigenvalue weighted by Gasteiger charge is -2.32. The number of rotatable bonds is 2. The van der Waals surface area contributed by atoms with Crippen LogP contribution < -0.4 is 5.73 Å². The summed E-state index contributed by atoms with van der Waals surface area (Å²) in [5.74, 6) is 0.595. The van der Waals surface area contributed by atoms with Gasteiger partial charge in [-0.05, 0) is 12.8 Å². The summed E-state index contributed by atoms with van der Waals surface area (Å²) in [7, 11) is 1.69. The molecule has 0 saturated heterocycles. The highest BCUT2D eigenvalue weighted by Crippen LogP contribution is 2.38. The van der Waals surface area contributed by atoms with Gasteiger partial charge in [0.05, 0.1) is 0 Å². The third-order valence-corrected chi connectivity index (χ3v) is 2.90. The highest BCUT2D eigenvalue weighted by atomic mass is 16.5. The van der Waals surface area contributed by atoms with Gasteiger partial charge in [0.25, 0.3) is 0 Å². The zero-order valence-electron chi connectivity index (χ0n) is 8.32. The second-order valence-electron chi connectivity index (χ2n) is 3.72. The third kappa shape index (κ3) is 1.48. The fraction of sp³-hybridized carbons (Fsp3) is 0.778. The first-order chi connectivity index (χ1) is 6.77. The van der Waals surface area contributed by atoms with E-state index in [-0.39, 0.29) is 11.6 Å². The summed E-state index contributed by atoms with van der Waals surface area (Å²) < 4.78 is 10.3. The van der Waals surface area contributed by atoms with Crippen molar-refractivity contribution in [2.45, 2.75) is 37.7 Å². The fourth-order valence-corrected chi connectivity index (χ4v) is 2.06. The second kappa shape index (κ2) is 3.57. The van der Waals surface area contributed by atoms with Crippen LogP contribution in [0.2, 0.25) is 0 Å². The van der Waals surface area contributed by atoms with Crippen molar-refractivity contribution in [1.82, 2.24) is 10.1 Å². The maximum atomic E-state index is 5.54. The van der Waals surface area contributed by atoms with Gasteiger partial charge in [0.1, 0.15) is 5.60 Å². The van der Waals surface area contributed by atoms with Crippen LogP contribution in [0.15, 0.2) is 4.52 Å². The first-order valence-electron chi connectivity index (χ1n) is 4.92. The molecule has 1 aromatic rings. The summed E-state index contributed by atoms with van der Waals surface area (Å²) in [5, 5.41) is 3.85. The minimum Gasteiger partial charge on any atom is -0.370 e. The molecule has 0 aliphatic heterocycles. The topological polar surface area (TPSA) is 74.2 Å². The van der Waals surface area contributed by atoms with Gasteiger partial charge in [-0.15, -0.1) is 0 Å². The Hall–Kier alpha value is -1.10. The number of aromatic nitrogens is 2.